The van der Waals surface area contributed by atoms with Crippen LogP contribution in [0.15, 0.2) is 60.7 Å². The summed E-state index contributed by atoms with van der Waals surface area (Å²) in [5.41, 5.74) is 3.35. The van der Waals surface area contributed by atoms with Crippen LogP contribution in [0.1, 0.15) is 56.0 Å². The van der Waals surface area contributed by atoms with Gasteiger partial charge in [0.1, 0.15) is 29.8 Å². The van der Waals surface area contributed by atoms with Crippen molar-refractivity contribution in [3.63, 3.8) is 0 Å². The van der Waals surface area contributed by atoms with Crippen LogP contribution in [0.5, 0.6) is 11.5 Å². The van der Waals surface area contributed by atoms with Crippen molar-refractivity contribution in [2.75, 3.05) is 31.2 Å². The molecule has 4 rings (SSSR count). The van der Waals surface area contributed by atoms with E-state index in [0.717, 1.165) is 36.1 Å². The maximum absolute atomic E-state index is 13.6. The largest absolute Gasteiger partial charge is 0.542 e. The summed E-state index contributed by atoms with van der Waals surface area (Å²) in [5.74, 6) is -2.87. The highest BCUT2D eigenvalue weighted by Crippen LogP contribution is 2.41. The molecule has 1 saturated heterocycles. The van der Waals surface area contributed by atoms with Gasteiger partial charge >= 0.3 is 12.1 Å². The number of anilines is 1. The van der Waals surface area contributed by atoms with Gasteiger partial charge in [0.15, 0.2) is 0 Å². The molecule has 1 heterocycles. The van der Waals surface area contributed by atoms with E-state index in [9.17, 15) is 32.3 Å². The number of amides is 1. The number of hydrogen-bond donors (Lipinski definition) is 2. The molecule has 1 aliphatic rings. The molecule has 1 unspecified atom stereocenters. The summed E-state index contributed by atoms with van der Waals surface area (Å²) < 4.78 is 57.1. The second-order valence-electron chi connectivity index (χ2n) is 11.0. The standard InChI is InChI=1S/C32H37FN2O5.C2HF3O2/c1-4-32(19-29(36)35(21-32)26-9-7-8-24(18-26)31(37)38)14-15-34-20-22-16-27(39-5-2)30(28(17-22)40-6-3)23-10-12-25(33)13-11-23;3-2(4,5)1(6)7/h7-13,16-18,34H,4-6,14-15,19-21H2,1-3H3,(H,37,38);(H,6,7). The molecular formula is C34H38F4N2O7. The van der Waals surface area contributed by atoms with E-state index in [1.807, 2.05) is 26.0 Å². The third-order valence-corrected chi connectivity index (χ3v) is 7.82. The number of nitrogens with zero attached hydrogens (tertiary/aromatic N) is 1. The molecule has 0 aromatic heterocycles. The molecule has 254 valence electrons. The van der Waals surface area contributed by atoms with Gasteiger partial charge < -0.3 is 34.7 Å². The van der Waals surface area contributed by atoms with Crippen molar-refractivity contribution in [2.45, 2.75) is 52.8 Å². The van der Waals surface area contributed by atoms with Gasteiger partial charge in [0, 0.05) is 36.1 Å². The SMILES string of the molecule is CCOc1cc(C[NH2+]CCC2(CC)CC(=O)N(c3cccc(C(=O)O)c3)C2)cc(OCC)c1-c1ccc(F)cc1.O=C([O-])C(F)(F)F. The molecule has 1 amide bonds. The molecule has 9 nitrogen and oxygen atoms in total. The van der Waals surface area contributed by atoms with E-state index < -0.39 is 18.1 Å². The highest BCUT2D eigenvalue weighted by atomic mass is 19.4. The summed E-state index contributed by atoms with van der Waals surface area (Å²) in [7, 11) is 0. The average Bonchev–Trinajstić information content (AvgIpc) is 3.36. The van der Waals surface area contributed by atoms with Crippen molar-refractivity contribution in [2.24, 2.45) is 5.41 Å². The molecule has 0 saturated carbocycles. The Morgan fingerprint density at radius 1 is 1.00 bits per heavy atom. The number of rotatable bonds is 13. The second kappa shape index (κ2) is 16.3. The molecule has 3 N–H and O–H groups in total. The summed E-state index contributed by atoms with van der Waals surface area (Å²) >= 11 is 0. The zero-order valence-corrected chi connectivity index (χ0v) is 26.4. The quantitative estimate of drug-likeness (QED) is 0.202. The lowest BCUT2D eigenvalue weighted by molar-refractivity contribution is -0.672. The highest BCUT2D eigenvalue weighted by molar-refractivity contribution is 5.98. The van der Waals surface area contributed by atoms with Crippen LogP contribution < -0.4 is 24.8 Å². The third kappa shape index (κ3) is 9.92. The summed E-state index contributed by atoms with van der Waals surface area (Å²) in [5, 5.41) is 20.4. The van der Waals surface area contributed by atoms with Gasteiger partial charge in [-0.15, -0.1) is 0 Å². The Kier molecular flexibility index (Phi) is 12.7. The van der Waals surface area contributed by atoms with Gasteiger partial charge in [-0.05, 0) is 68.3 Å². The van der Waals surface area contributed by atoms with Crippen molar-refractivity contribution >= 4 is 23.5 Å². The van der Waals surface area contributed by atoms with Gasteiger partial charge in [-0.1, -0.05) is 25.1 Å². The maximum atomic E-state index is 13.6. The number of aliphatic carboxylic acids is 1. The van der Waals surface area contributed by atoms with E-state index in [4.69, 9.17) is 19.4 Å². The van der Waals surface area contributed by atoms with E-state index in [2.05, 4.69) is 12.2 Å². The second-order valence-corrected chi connectivity index (χ2v) is 11.0. The number of carbonyl (C=O) groups excluding carboxylic acids is 2. The summed E-state index contributed by atoms with van der Waals surface area (Å²) in [6.07, 6.45) is -3.03. The Balaban J connectivity index is 0.000000771. The number of ether oxygens (including phenoxy) is 2. The Labute approximate surface area is 270 Å². The molecule has 0 spiro atoms. The summed E-state index contributed by atoms with van der Waals surface area (Å²) in [6.45, 7) is 9.08. The van der Waals surface area contributed by atoms with Gasteiger partial charge in [-0.3, -0.25) is 4.79 Å². The van der Waals surface area contributed by atoms with Gasteiger partial charge in [0.2, 0.25) is 5.91 Å². The molecule has 47 heavy (non-hydrogen) atoms. The first-order valence-corrected chi connectivity index (χ1v) is 15.2. The smallest absolute Gasteiger partial charge is 0.430 e. The average molecular weight is 663 g/mol. The molecule has 1 atom stereocenters. The molecule has 0 bridgehead atoms. The predicted octanol–water partition coefficient (Wildman–Crippen LogP) is 4.57. The Bertz CT molecular complexity index is 1520. The van der Waals surface area contributed by atoms with Crippen molar-refractivity contribution in [1.82, 2.24) is 0 Å². The van der Waals surface area contributed by atoms with E-state index in [1.54, 1.807) is 35.2 Å². The number of quaternary nitrogens is 1. The number of nitrogens with two attached hydrogens (primary N) is 1. The monoisotopic (exact) mass is 662 g/mol. The fraction of sp³-hybridized carbons (Fsp3) is 0.382. The van der Waals surface area contributed by atoms with Crippen molar-refractivity contribution in [3.8, 4) is 22.6 Å². The van der Waals surface area contributed by atoms with Crippen LogP contribution in [0.2, 0.25) is 0 Å². The molecule has 1 fully saturated rings. The number of carboxylic acid groups (broad SMARTS) is 2. The molecule has 3 aromatic rings. The third-order valence-electron chi connectivity index (χ3n) is 7.82. The number of carbonyl (C=O) groups is 3. The molecule has 1 aliphatic heterocycles. The summed E-state index contributed by atoms with van der Waals surface area (Å²) in [6, 6.07) is 17.0. The number of hydrogen-bond acceptors (Lipinski definition) is 6. The van der Waals surface area contributed by atoms with Crippen molar-refractivity contribution in [1.29, 1.82) is 0 Å². The zero-order chi connectivity index (χ0) is 34.8. The molecule has 13 heteroatoms. The first kappa shape index (κ1) is 36.8. The zero-order valence-electron chi connectivity index (χ0n) is 26.4. The van der Waals surface area contributed by atoms with Crippen LogP contribution in [0.3, 0.4) is 0 Å². The van der Waals surface area contributed by atoms with Crippen LogP contribution in [0, 0.1) is 11.2 Å². The number of alkyl halides is 3. The predicted molar refractivity (Wildman–Crippen MR) is 163 cm³/mol. The fourth-order valence-corrected chi connectivity index (χ4v) is 5.40. The minimum Gasteiger partial charge on any atom is -0.542 e. The van der Waals surface area contributed by atoms with E-state index >= 15 is 0 Å². The molecule has 3 aromatic carbocycles. The van der Waals surface area contributed by atoms with Gasteiger partial charge in [-0.25, -0.2) is 9.18 Å². The van der Waals surface area contributed by atoms with E-state index in [1.165, 1.54) is 18.2 Å². The lowest BCUT2D eigenvalue weighted by Gasteiger charge is -2.27. The lowest BCUT2D eigenvalue weighted by atomic mass is 9.81. The fourth-order valence-electron chi connectivity index (χ4n) is 5.40. The van der Waals surface area contributed by atoms with Crippen molar-refractivity contribution in [3.05, 3.63) is 77.6 Å². The van der Waals surface area contributed by atoms with E-state index in [0.29, 0.717) is 49.9 Å². The van der Waals surface area contributed by atoms with Crippen LogP contribution in [0.4, 0.5) is 23.2 Å². The Morgan fingerprint density at radius 2 is 1.60 bits per heavy atom. The summed E-state index contributed by atoms with van der Waals surface area (Å²) in [4.78, 5) is 34.9. The van der Waals surface area contributed by atoms with Gasteiger partial charge in [-0.2, -0.15) is 13.2 Å². The molecule has 0 aliphatic carbocycles. The van der Waals surface area contributed by atoms with Crippen molar-refractivity contribution < 1.29 is 56.9 Å². The topological polar surface area (TPSA) is 133 Å². The highest BCUT2D eigenvalue weighted by Gasteiger charge is 2.42. The van der Waals surface area contributed by atoms with Crippen LogP contribution in [-0.4, -0.2) is 55.4 Å². The van der Waals surface area contributed by atoms with Crippen LogP contribution in [0.25, 0.3) is 11.1 Å². The van der Waals surface area contributed by atoms with Crippen LogP contribution in [-0.2, 0) is 16.1 Å². The van der Waals surface area contributed by atoms with Gasteiger partial charge in [0.05, 0.1) is 30.9 Å². The number of halogens is 4. The van der Waals surface area contributed by atoms with Gasteiger partial charge in [0.25, 0.3) is 0 Å². The minimum absolute atomic E-state index is 0.0310. The Hall–Kier alpha value is -4.65. The number of carboxylic acids is 2. The first-order valence-electron chi connectivity index (χ1n) is 15.2. The first-order chi connectivity index (χ1) is 22.2. The minimum atomic E-state index is -5.19. The number of benzene rings is 3. The lowest BCUT2D eigenvalue weighted by Crippen LogP contribution is -2.83. The molecule has 0 radical (unpaired) electrons. The number of aromatic carboxylic acids is 1. The van der Waals surface area contributed by atoms with E-state index in [-0.39, 0.29) is 22.7 Å². The molecular weight excluding hydrogens is 624 g/mol. The normalized spacial score (nSPS) is 16.0. The van der Waals surface area contributed by atoms with Crippen LogP contribution >= 0.6 is 0 Å². The Morgan fingerprint density at radius 3 is 2.11 bits per heavy atom. The maximum Gasteiger partial charge on any atom is 0.430 e.